The van der Waals surface area contributed by atoms with Gasteiger partial charge in [0, 0.05) is 37.3 Å². The zero-order valence-electron chi connectivity index (χ0n) is 18.6. The van der Waals surface area contributed by atoms with Crippen LogP contribution in [0.5, 0.6) is 5.75 Å². The first-order chi connectivity index (χ1) is 15.2. The van der Waals surface area contributed by atoms with Crippen molar-refractivity contribution in [3.05, 3.63) is 59.8 Å². The Balaban J connectivity index is 1.60. The molecule has 0 unspecified atom stereocenters. The number of unbranched alkanes of at least 4 members (excludes halogenated alkanes) is 2. The highest BCUT2D eigenvalue weighted by Gasteiger charge is 2.11. The van der Waals surface area contributed by atoms with Crippen LogP contribution in [0.4, 0.5) is 0 Å². The first kappa shape index (κ1) is 22.6. The summed E-state index contributed by atoms with van der Waals surface area (Å²) in [5, 5.41) is 5.31. The molecule has 164 valence electrons. The monoisotopic (exact) mass is 419 g/mol. The van der Waals surface area contributed by atoms with Crippen LogP contribution in [-0.4, -0.2) is 43.9 Å². The first-order valence-corrected chi connectivity index (χ1v) is 11.2. The molecule has 31 heavy (non-hydrogen) atoms. The molecule has 5 nitrogen and oxygen atoms in total. The van der Waals surface area contributed by atoms with Crippen LogP contribution in [0, 0.1) is 0 Å². The zero-order chi connectivity index (χ0) is 21.9. The topological polar surface area (TPSA) is 53.9 Å². The molecule has 1 aliphatic rings. The predicted octanol–water partition coefficient (Wildman–Crippen LogP) is 4.96. The van der Waals surface area contributed by atoms with Gasteiger partial charge in [-0.15, -0.1) is 0 Å². The second kappa shape index (κ2) is 11.9. The molecule has 3 rings (SSSR count). The Morgan fingerprint density at radius 1 is 1.23 bits per heavy atom. The standard InChI is InChI=1S/C26H33N3O2/c1-3-4-10-22-21(19-25(31-2)24-12-6-5-11-23(22)24)13-14-26(30)28-16-7-8-17-29-18-9-15-27-20-29/h5-6,9,11-15,19-20H,3-4,7-8,10,16-18H2,1-2H3,(H,28,30). The fourth-order valence-electron chi connectivity index (χ4n) is 3.82. The Morgan fingerprint density at radius 2 is 2.06 bits per heavy atom. The predicted molar refractivity (Wildman–Crippen MR) is 130 cm³/mol. The molecule has 1 aliphatic heterocycles. The molecule has 0 fully saturated rings. The Morgan fingerprint density at radius 3 is 2.81 bits per heavy atom. The average molecular weight is 420 g/mol. The summed E-state index contributed by atoms with van der Waals surface area (Å²) in [6.07, 6.45) is 14.5. The summed E-state index contributed by atoms with van der Waals surface area (Å²) in [7, 11) is 1.69. The SMILES string of the molecule is CCCCc1c(C=CC(=O)NCCCCN2C=NC=CC2)cc(OC)c2ccccc12. The van der Waals surface area contributed by atoms with Crippen LogP contribution in [0.15, 0.2) is 53.7 Å². The highest BCUT2D eigenvalue weighted by molar-refractivity contribution is 5.96. The van der Waals surface area contributed by atoms with Crippen molar-refractivity contribution in [1.29, 1.82) is 0 Å². The molecule has 0 radical (unpaired) electrons. The van der Waals surface area contributed by atoms with Gasteiger partial charge in [-0.1, -0.05) is 37.6 Å². The number of methoxy groups -OCH3 is 1. The maximum Gasteiger partial charge on any atom is 0.243 e. The van der Waals surface area contributed by atoms with E-state index in [-0.39, 0.29) is 5.91 Å². The van der Waals surface area contributed by atoms with Gasteiger partial charge in [-0.2, -0.15) is 0 Å². The largest absolute Gasteiger partial charge is 0.496 e. The lowest BCUT2D eigenvalue weighted by atomic mass is 9.94. The summed E-state index contributed by atoms with van der Waals surface area (Å²) in [6.45, 7) is 4.74. The molecule has 0 bridgehead atoms. The minimum Gasteiger partial charge on any atom is -0.496 e. The number of fused-ring (bicyclic) bond motifs is 1. The van der Waals surface area contributed by atoms with Gasteiger partial charge in [-0.3, -0.25) is 4.79 Å². The van der Waals surface area contributed by atoms with Gasteiger partial charge >= 0.3 is 0 Å². The molecule has 0 saturated heterocycles. The van der Waals surface area contributed by atoms with E-state index in [0.717, 1.165) is 61.9 Å². The number of rotatable bonds is 11. The number of carbonyl (C=O) groups is 1. The van der Waals surface area contributed by atoms with Crippen LogP contribution >= 0.6 is 0 Å². The smallest absolute Gasteiger partial charge is 0.243 e. The molecule has 0 saturated carbocycles. The summed E-state index contributed by atoms with van der Waals surface area (Å²) >= 11 is 0. The molecule has 0 aromatic heterocycles. The Bertz CT molecular complexity index is 963. The van der Waals surface area contributed by atoms with Crippen LogP contribution in [0.3, 0.4) is 0 Å². The second-order valence-corrected chi connectivity index (χ2v) is 7.77. The number of benzene rings is 2. The van der Waals surface area contributed by atoms with Crippen molar-refractivity contribution in [3.8, 4) is 5.75 Å². The van der Waals surface area contributed by atoms with Gasteiger partial charge in [0.15, 0.2) is 0 Å². The van der Waals surface area contributed by atoms with Crippen LogP contribution < -0.4 is 10.1 Å². The maximum atomic E-state index is 12.4. The van der Waals surface area contributed by atoms with Gasteiger partial charge in [0.05, 0.1) is 13.4 Å². The Labute approximate surface area is 185 Å². The van der Waals surface area contributed by atoms with Crippen molar-refractivity contribution < 1.29 is 9.53 Å². The number of hydrogen-bond donors (Lipinski definition) is 1. The van der Waals surface area contributed by atoms with E-state index in [4.69, 9.17) is 4.74 Å². The van der Waals surface area contributed by atoms with Crippen LogP contribution in [0.1, 0.15) is 43.7 Å². The molecule has 0 aliphatic carbocycles. The lowest BCUT2D eigenvalue weighted by Gasteiger charge is -2.18. The number of ether oxygens (including phenoxy) is 1. The zero-order valence-corrected chi connectivity index (χ0v) is 18.6. The minimum absolute atomic E-state index is 0.0592. The summed E-state index contributed by atoms with van der Waals surface area (Å²) in [6, 6.07) is 10.4. The quantitative estimate of drug-likeness (QED) is 0.414. The van der Waals surface area contributed by atoms with Crippen molar-refractivity contribution in [1.82, 2.24) is 10.2 Å². The van der Waals surface area contributed by atoms with Crippen LogP contribution in [-0.2, 0) is 11.2 Å². The van der Waals surface area contributed by atoms with Gasteiger partial charge in [-0.25, -0.2) is 4.99 Å². The van der Waals surface area contributed by atoms with Crippen molar-refractivity contribution in [2.24, 2.45) is 4.99 Å². The van der Waals surface area contributed by atoms with E-state index < -0.39 is 0 Å². The van der Waals surface area contributed by atoms with E-state index in [1.165, 1.54) is 10.9 Å². The number of aryl methyl sites for hydroxylation is 1. The van der Waals surface area contributed by atoms with Crippen LogP contribution in [0.25, 0.3) is 16.8 Å². The number of nitrogens with zero attached hydrogens (tertiary/aromatic N) is 2. The molecule has 1 amide bonds. The van der Waals surface area contributed by atoms with Gasteiger partial charge in [0.2, 0.25) is 5.91 Å². The highest BCUT2D eigenvalue weighted by Crippen LogP contribution is 2.33. The normalized spacial score (nSPS) is 13.3. The van der Waals surface area contributed by atoms with Crippen molar-refractivity contribution in [2.75, 3.05) is 26.7 Å². The van der Waals surface area contributed by atoms with Gasteiger partial charge in [0.25, 0.3) is 0 Å². The summed E-state index contributed by atoms with van der Waals surface area (Å²) < 4.78 is 5.62. The van der Waals surface area contributed by atoms with Crippen molar-refractivity contribution in [2.45, 2.75) is 39.0 Å². The number of hydrogen-bond acceptors (Lipinski definition) is 4. The van der Waals surface area contributed by atoms with E-state index in [9.17, 15) is 4.79 Å². The number of carbonyl (C=O) groups excluding carboxylic acids is 1. The molecule has 1 heterocycles. The molecule has 2 aromatic carbocycles. The summed E-state index contributed by atoms with van der Waals surface area (Å²) in [5.41, 5.74) is 2.33. The molecular formula is C26H33N3O2. The van der Waals surface area contributed by atoms with E-state index >= 15 is 0 Å². The lowest BCUT2D eigenvalue weighted by molar-refractivity contribution is -0.116. The summed E-state index contributed by atoms with van der Waals surface area (Å²) in [4.78, 5) is 18.7. The molecule has 2 aromatic rings. The Kier molecular flexibility index (Phi) is 8.71. The third kappa shape index (κ3) is 6.45. The van der Waals surface area contributed by atoms with Gasteiger partial charge in [0.1, 0.15) is 5.75 Å². The first-order valence-electron chi connectivity index (χ1n) is 11.2. The molecule has 5 heteroatoms. The van der Waals surface area contributed by atoms with E-state index in [1.807, 2.05) is 36.8 Å². The average Bonchev–Trinajstić information content (AvgIpc) is 2.81. The molecular weight excluding hydrogens is 386 g/mol. The highest BCUT2D eigenvalue weighted by atomic mass is 16.5. The molecule has 0 spiro atoms. The Hall–Kier alpha value is -3.08. The fourth-order valence-corrected chi connectivity index (χ4v) is 3.82. The third-order valence-electron chi connectivity index (χ3n) is 5.50. The second-order valence-electron chi connectivity index (χ2n) is 7.77. The summed E-state index contributed by atoms with van der Waals surface area (Å²) in [5.74, 6) is 0.781. The van der Waals surface area contributed by atoms with Gasteiger partial charge in [-0.05, 0) is 60.4 Å². The van der Waals surface area contributed by atoms with Crippen molar-refractivity contribution in [3.63, 3.8) is 0 Å². The fraction of sp³-hybridized carbons (Fsp3) is 0.385. The maximum absolute atomic E-state index is 12.4. The number of aliphatic imine (C=N–C) groups is 1. The number of nitrogens with one attached hydrogen (secondary N) is 1. The van der Waals surface area contributed by atoms with Crippen molar-refractivity contribution >= 4 is 29.1 Å². The number of amides is 1. The van der Waals surface area contributed by atoms with E-state index in [0.29, 0.717) is 6.54 Å². The van der Waals surface area contributed by atoms with Gasteiger partial charge < -0.3 is 15.0 Å². The van der Waals surface area contributed by atoms with Crippen LogP contribution in [0.2, 0.25) is 0 Å². The minimum atomic E-state index is -0.0592. The molecule has 1 N–H and O–H groups in total. The third-order valence-corrected chi connectivity index (χ3v) is 5.50. The van der Waals surface area contributed by atoms with E-state index in [2.05, 4.69) is 40.3 Å². The molecule has 0 atom stereocenters. The van der Waals surface area contributed by atoms with E-state index in [1.54, 1.807) is 13.2 Å². The lowest BCUT2D eigenvalue weighted by Crippen LogP contribution is -2.26.